The van der Waals surface area contributed by atoms with Crippen LogP contribution in [-0.4, -0.2) is 11.2 Å². The van der Waals surface area contributed by atoms with Crippen molar-refractivity contribution in [1.29, 1.82) is 0 Å². The summed E-state index contributed by atoms with van der Waals surface area (Å²) in [5.74, 6) is 1.11. The van der Waals surface area contributed by atoms with Gasteiger partial charge in [-0.05, 0) is 48.0 Å². The van der Waals surface area contributed by atoms with Crippen molar-refractivity contribution < 1.29 is 0 Å². The Kier molecular flexibility index (Phi) is 7.16. The van der Waals surface area contributed by atoms with Crippen LogP contribution in [0.15, 0.2) is 18.2 Å². The molecule has 0 atom stereocenters. The summed E-state index contributed by atoms with van der Waals surface area (Å²) < 4.78 is 0. The second-order valence-corrected chi connectivity index (χ2v) is 6.68. The quantitative estimate of drug-likeness (QED) is 0.740. The normalized spacial score (nSPS) is 11.3. The van der Waals surface area contributed by atoms with E-state index in [1.165, 1.54) is 16.8 Å². The molecule has 0 aliphatic rings. The molecule has 0 fully saturated rings. The van der Waals surface area contributed by atoms with E-state index < -0.39 is 0 Å². The highest BCUT2D eigenvalue weighted by Crippen LogP contribution is 2.23. The molecule has 21 heavy (non-hydrogen) atoms. The van der Waals surface area contributed by atoms with E-state index in [1.807, 2.05) is 0 Å². The van der Waals surface area contributed by atoms with Crippen LogP contribution in [0.2, 0.25) is 0 Å². The average molecular weight is 307 g/mol. The van der Waals surface area contributed by atoms with Gasteiger partial charge >= 0.3 is 0 Å². The summed E-state index contributed by atoms with van der Waals surface area (Å²) in [6.07, 6.45) is 2.02. The molecule has 0 amide bonds. The lowest BCUT2D eigenvalue weighted by molar-refractivity contribution is 0.356. The number of aryl methyl sites for hydroxylation is 2. The molecule has 0 saturated carbocycles. The molecule has 0 spiro atoms. The van der Waals surface area contributed by atoms with Gasteiger partial charge in [0, 0.05) is 11.7 Å². The highest BCUT2D eigenvalue weighted by Gasteiger charge is 2.18. The number of hydrogen-bond acceptors (Lipinski definition) is 1. The van der Waals surface area contributed by atoms with Crippen molar-refractivity contribution >= 4 is 23.0 Å². The monoisotopic (exact) mass is 306 g/mol. The number of thiocarbonyl (C=S) groups is 1. The summed E-state index contributed by atoms with van der Waals surface area (Å²) in [7, 11) is 0. The summed E-state index contributed by atoms with van der Waals surface area (Å²) in [6, 6.07) is 6.87. The van der Waals surface area contributed by atoms with Gasteiger partial charge in [0.25, 0.3) is 0 Å². The Hall–Kier alpha value is -1.09. The van der Waals surface area contributed by atoms with Gasteiger partial charge in [0.2, 0.25) is 0 Å². The fourth-order valence-electron chi connectivity index (χ4n) is 2.81. The van der Waals surface area contributed by atoms with Crippen LogP contribution in [-0.2, 0) is 12.8 Å². The second-order valence-electron chi connectivity index (χ2n) is 6.27. The number of hydrogen-bond donors (Lipinski definition) is 2. The van der Waals surface area contributed by atoms with Gasteiger partial charge in [-0.3, -0.25) is 0 Å². The van der Waals surface area contributed by atoms with Gasteiger partial charge < -0.3 is 10.6 Å². The third kappa shape index (κ3) is 4.99. The Morgan fingerprint density at radius 3 is 1.86 bits per heavy atom. The maximum atomic E-state index is 5.54. The van der Waals surface area contributed by atoms with E-state index in [4.69, 9.17) is 12.2 Å². The average Bonchev–Trinajstić information content (AvgIpc) is 2.44. The summed E-state index contributed by atoms with van der Waals surface area (Å²) >= 11 is 5.54. The van der Waals surface area contributed by atoms with E-state index in [2.05, 4.69) is 70.4 Å². The molecule has 0 radical (unpaired) electrons. The van der Waals surface area contributed by atoms with Crippen LogP contribution in [0.4, 0.5) is 5.69 Å². The zero-order chi connectivity index (χ0) is 16.0. The maximum absolute atomic E-state index is 5.54. The Bertz CT molecular complexity index is 436. The van der Waals surface area contributed by atoms with Crippen molar-refractivity contribution in [3.05, 3.63) is 29.3 Å². The molecule has 3 heteroatoms. The van der Waals surface area contributed by atoms with Gasteiger partial charge in [-0.1, -0.05) is 59.7 Å². The van der Waals surface area contributed by atoms with Crippen molar-refractivity contribution in [3.63, 3.8) is 0 Å². The molecular formula is C18H30N2S. The van der Waals surface area contributed by atoms with Gasteiger partial charge in [0.1, 0.15) is 0 Å². The van der Waals surface area contributed by atoms with E-state index in [0.717, 1.165) is 18.0 Å². The number of benzene rings is 1. The highest BCUT2D eigenvalue weighted by molar-refractivity contribution is 7.80. The number of nitrogens with one attached hydrogen (secondary N) is 2. The van der Waals surface area contributed by atoms with Crippen LogP contribution in [0.25, 0.3) is 0 Å². The third-order valence-electron chi connectivity index (χ3n) is 3.97. The predicted octanol–water partition coefficient (Wildman–Crippen LogP) is 4.78. The first-order valence-electron chi connectivity index (χ1n) is 8.08. The van der Waals surface area contributed by atoms with Gasteiger partial charge in [-0.15, -0.1) is 0 Å². The molecule has 1 aromatic rings. The van der Waals surface area contributed by atoms with E-state index >= 15 is 0 Å². The largest absolute Gasteiger partial charge is 0.359 e. The predicted molar refractivity (Wildman–Crippen MR) is 98.0 cm³/mol. The van der Waals surface area contributed by atoms with Crippen LogP contribution in [0, 0.1) is 11.8 Å². The standard InChI is InChI=1S/C18H30N2S/c1-7-14-10-9-11-15(8-2)17(14)20-18(21)19-16(12(3)4)13(5)6/h9-13,16H,7-8H2,1-6H3,(H2,19,20,21). The molecule has 0 saturated heterocycles. The Balaban J connectivity index is 2.88. The minimum Gasteiger partial charge on any atom is -0.359 e. The first-order valence-corrected chi connectivity index (χ1v) is 8.49. The molecule has 0 unspecified atom stereocenters. The van der Waals surface area contributed by atoms with Crippen molar-refractivity contribution in [2.45, 2.75) is 60.4 Å². The number of anilines is 1. The topological polar surface area (TPSA) is 24.1 Å². The Morgan fingerprint density at radius 1 is 1.00 bits per heavy atom. The van der Waals surface area contributed by atoms with Gasteiger partial charge in [-0.25, -0.2) is 0 Å². The molecule has 1 aromatic carbocycles. The third-order valence-corrected chi connectivity index (χ3v) is 4.19. The molecule has 0 aromatic heterocycles. The van der Waals surface area contributed by atoms with E-state index in [0.29, 0.717) is 17.9 Å². The molecule has 2 nitrogen and oxygen atoms in total. The lowest BCUT2D eigenvalue weighted by Crippen LogP contribution is -2.44. The molecule has 0 aliphatic heterocycles. The van der Waals surface area contributed by atoms with E-state index in [9.17, 15) is 0 Å². The van der Waals surface area contributed by atoms with Gasteiger partial charge in [0.05, 0.1) is 0 Å². The molecular weight excluding hydrogens is 276 g/mol. The summed E-state index contributed by atoms with van der Waals surface area (Å²) in [6.45, 7) is 13.3. The van der Waals surface area contributed by atoms with Crippen molar-refractivity contribution in [2.75, 3.05) is 5.32 Å². The van der Waals surface area contributed by atoms with E-state index in [-0.39, 0.29) is 0 Å². The minimum absolute atomic E-state index is 0.392. The summed E-state index contributed by atoms with van der Waals surface area (Å²) in [4.78, 5) is 0. The van der Waals surface area contributed by atoms with Gasteiger partial charge in [0.15, 0.2) is 5.11 Å². The fraction of sp³-hybridized carbons (Fsp3) is 0.611. The van der Waals surface area contributed by atoms with Gasteiger partial charge in [-0.2, -0.15) is 0 Å². The molecule has 0 bridgehead atoms. The molecule has 0 heterocycles. The first kappa shape index (κ1) is 18.0. The van der Waals surface area contributed by atoms with Crippen LogP contribution in [0.3, 0.4) is 0 Å². The van der Waals surface area contributed by atoms with Crippen molar-refractivity contribution in [2.24, 2.45) is 11.8 Å². The zero-order valence-corrected chi connectivity index (χ0v) is 15.1. The maximum Gasteiger partial charge on any atom is 0.171 e. The Morgan fingerprint density at radius 2 is 1.48 bits per heavy atom. The summed E-state index contributed by atoms with van der Waals surface area (Å²) in [5.41, 5.74) is 3.83. The molecule has 118 valence electrons. The van der Waals surface area contributed by atoms with Crippen LogP contribution in [0.5, 0.6) is 0 Å². The molecule has 2 N–H and O–H groups in total. The molecule has 1 rings (SSSR count). The van der Waals surface area contributed by atoms with E-state index in [1.54, 1.807) is 0 Å². The SMILES string of the molecule is CCc1cccc(CC)c1NC(=S)NC(C(C)C)C(C)C. The fourth-order valence-corrected chi connectivity index (χ4v) is 3.05. The molecule has 0 aliphatic carbocycles. The van der Waals surface area contributed by atoms with Crippen LogP contribution in [0.1, 0.15) is 52.7 Å². The smallest absolute Gasteiger partial charge is 0.171 e. The Labute approximate surface area is 135 Å². The zero-order valence-electron chi connectivity index (χ0n) is 14.3. The van der Waals surface area contributed by atoms with Crippen LogP contribution < -0.4 is 10.6 Å². The minimum atomic E-state index is 0.392. The lowest BCUT2D eigenvalue weighted by atomic mass is 9.93. The van der Waals surface area contributed by atoms with Crippen molar-refractivity contribution in [3.8, 4) is 0 Å². The van der Waals surface area contributed by atoms with Crippen LogP contribution >= 0.6 is 12.2 Å². The number of rotatable bonds is 6. The second kappa shape index (κ2) is 8.38. The summed E-state index contributed by atoms with van der Waals surface area (Å²) in [5, 5.41) is 7.66. The first-order chi connectivity index (χ1) is 9.90. The van der Waals surface area contributed by atoms with Crippen molar-refractivity contribution in [1.82, 2.24) is 5.32 Å². The highest BCUT2D eigenvalue weighted by atomic mass is 32.1. The lowest BCUT2D eigenvalue weighted by Gasteiger charge is -2.28. The number of para-hydroxylation sites is 1.